The zero-order valence-corrected chi connectivity index (χ0v) is 12.6. The minimum absolute atomic E-state index is 0.0903. The Morgan fingerprint density at radius 2 is 2.05 bits per heavy atom. The number of carbonyl (C=O) groups is 1. The van der Waals surface area contributed by atoms with Crippen LogP contribution in [0.25, 0.3) is 0 Å². The molecule has 2 fully saturated rings. The fraction of sp³-hybridized carbons (Fsp3) is 0.933. The van der Waals surface area contributed by atoms with E-state index in [2.05, 4.69) is 24.1 Å². The molecule has 0 radical (unpaired) electrons. The Morgan fingerprint density at radius 3 is 2.68 bits per heavy atom. The van der Waals surface area contributed by atoms with Crippen molar-refractivity contribution in [1.29, 1.82) is 0 Å². The first-order valence-electron chi connectivity index (χ1n) is 7.60. The molecule has 4 heteroatoms. The number of esters is 1. The summed E-state index contributed by atoms with van der Waals surface area (Å²) >= 11 is 0. The van der Waals surface area contributed by atoms with Gasteiger partial charge in [-0.25, -0.2) is 0 Å². The van der Waals surface area contributed by atoms with Crippen LogP contribution in [0.1, 0.15) is 52.4 Å². The summed E-state index contributed by atoms with van der Waals surface area (Å²) in [5, 5.41) is 3.49. The van der Waals surface area contributed by atoms with E-state index in [1.807, 2.05) is 0 Å². The monoisotopic (exact) mass is 268 g/mol. The first-order chi connectivity index (χ1) is 9.04. The van der Waals surface area contributed by atoms with Gasteiger partial charge in [-0.2, -0.15) is 0 Å². The van der Waals surface area contributed by atoms with E-state index in [0.717, 1.165) is 19.5 Å². The van der Waals surface area contributed by atoms with Crippen LogP contribution in [0.4, 0.5) is 0 Å². The van der Waals surface area contributed by atoms with Crippen molar-refractivity contribution in [2.45, 2.75) is 70.0 Å². The first kappa shape index (κ1) is 14.8. The maximum absolute atomic E-state index is 11.7. The first-order valence-corrected chi connectivity index (χ1v) is 7.60. The largest absolute Gasteiger partial charge is 0.469 e. The molecular formula is C15H28N2O2. The Morgan fingerprint density at radius 1 is 1.37 bits per heavy atom. The van der Waals surface area contributed by atoms with Gasteiger partial charge in [0.1, 0.15) is 0 Å². The number of ether oxygens (including phenoxy) is 1. The van der Waals surface area contributed by atoms with E-state index in [1.165, 1.54) is 32.8 Å². The van der Waals surface area contributed by atoms with E-state index in [0.29, 0.717) is 12.5 Å². The molecule has 0 bridgehead atoms. The van der Waals surface area contributed by atoms with Gasteiger partial charge in [0.25, 0.3) is 0 Å². The molecule has 1 N–H and O–H groups in total. The smallest absolute Gasteiger partial charge is 0.307 e. The SMILES string of the molecule is COC(=O)CC1CNCCC(C)(C)N1C1CCCC1. The van der Waals surface area contributed by atoms with Gasteiger partial charge in [-0.15, -0.1) is 0 Å². The summed E-state index contributed by atoms with van der Waals surface area (Å²) in [6.45, 7) is 6.58. The summed E-state index contributed by atoms with van der Waals surface area (Å²) in [5.74, 6) is -0.0903. The van der Waals surface area contributed by atoms with E-state index in [-0.39, 0.29) is 17.6 Å². The minimum Gasteiger partial charge on any atom is -0.469 e. The van der Waals surface area contributed by atoms with E-state index in [4.69, 9.17) is 4.74 Å². The third kappa shape index (κ3) is 3.48. The van der Waals surface area contributed by atoms with Crippen LogP contribution in [0, 0.1) is 0 Å². The number of rotatable bonds is 3. The molecule has 1 unspecified atom stereocenters. The quantitative estimate of drug-likeness (QED) is 0.794. The van der Waals surface area contributed by atoms with Crippen molar-refractivity contribution in [3.05, 3.63) is 0 Å². The molecule has 1 saturated carbocycles. The van der Waals surface area contributed by atoms with Crippen LogP contribution in [-0.4, -0.2) is 48.7 Å². The fourth-order valence-electron chi connectivity index (χ4n) is 3.81. The molecule has 0 amide bonds. The Labute approximate surface area is 116 Å². The summed E-state index contributed by atoms with van der Waals surface area (Å²) in [7, 11) is 1.48. The summed E-state index contributed by atoms with van der Waals surface area (Å²) in [5.41, 5.74) is 0.164. The van der Waals surface area contributed by atoms with Crippen LogP contribution in [0.15, 0.2) is 0 Å². The average molecular weight is 268 g/mol. The molecule has 1 saturated heterocycles. The predicted molar refractivity (Wildman–Crippen MR) is 76.1 cm³/mol. The highest BCUT2D eigenvalue weighted by molar-refractivity contribution is 5.70. The molecule has 110 valence electrons. The van der Waals surface area contributed by atoms with Crippen LogP contribution in [-0.2, 0) is 9.53 Å². The molecule has 19 heavy (non-hydrogen) atoms. The Kier molecular flexibility index (Phi) is 4.85. The highest BCUT2D eigenvalue weighted by Gasteiger charge is 2.40. The van der Waals surface area contributed by atoms with E-state index < -0.39 is 0 Å². The van der Waals surface area contributed by atoms with Gasteiger partial charge in [0.05, 0.1) is 13.5 Å². The lowest BCUT2D eigenvalue weighted by Gasteiger charge is -2.45. The number of nitrogens with one attached hydrogen (secondary N) is 1. The number of methoxy groups -OCH3 is 1. The Bertz CT molecular complexity index is 311. The molecule has 1 aliphatic carbocycles. The van der Waals surface area contributed by atoms with Crippen molar-refractivity contribution >= 4 is 5.97 Å². The van der Waals surface area contributed by atoms with Crippen LogP contribution >= 0.6 is 0 Å². The summed E-state index contributed by atoms with van der Waals surface area (Å²) in [4.78, 5) is 14.3. The normalized spacial score (nSPS) is 29.1. The van der Waals surface area contributed by atoms with E-state index in [9.17, 15) is 4.79 Å². The summed E-state index contributed by atoms with van der Waals surface area (Å²) in [6.07, 6.45) is 6.86. The third-order valence-corrected chi connectivity index (χ3v) is 4.73. The van der Waals surface area contributed by atoms with Crippen molar-refractivity contribution < 1.29 is 9.53 Å². The maximum Gasteiger partial charge on any atom is 0.307 e. The van der Waals surface area contributed by atoms with Gasteiger partial charge in [-0.3, -0.25) is 9.69 Å². The van der Waals surface area contributed by atoms with Crippen molar-refractivity contribution in [3.8, 4) is 0 Å². The van der Waals surface area contributed by atoms with Crippen molar-refractivity contribution in [2.75, 3.05) is 20.2 Å². The van der Waals surface area contributed by atoms with Crippen LogP contribution < -0.4 is 5.32 Å². The standard InChI is InChI=1S/C15H28N2O2/c1-15(2)8-9-16-11-13(10-14(18)19-3)17(15)12-6-4-5-7-12/h12-13,16H,4-11H2,1-3H3. The predicted octanol–water partition coefficient (Wildman–Crippen LogP) is 1.93. The third-order valence-electron chi connectivity index (χ3n) is 4.73. The molecule has 0 aromatic rings. The van der Waals surface area contributed by atoms with E-state index >= 15 is 0 Å². The number of hydrogen-bond acceptors (Lipinski definition) is 4. The molecule has 0 aromatic carbocycles. The Hall–Kier alpha value is -0.610. The van der Waals surface area contributed by atoms with E-state index in [1.54, 1.807) is 0 Å². The maximum atomic E-state index is 11.7. The van der Waals surface area contributed by atoms with Gasteiger partial charge in [0.15, 0.2) is 0 Å². The lowest BCUT2D eigenvalue weighted by Crippen LogP contribution is -2.55. The molecule has 0 spiro atoms. The highest BCUT2D eigenvalue weighted by Crippen LogP contribution is 2.34. The lowest BCUT2D eigenvalue weighted by molar-refractivity contribution is -0.142. The summed E-state index contributed by atoms with van der Waals surface area (Å²) < 4.78 is 4.88. The molecule has 1 heterocycles. The fourth-order valence-corrected chi connectivity index (χ4v) is 3.81. The van der Waals surface area contributed by atoms with Crippen LogP contribution in [0.3, 0.4) is 0 Å². The lowest BCUT2D eigenvalue weighted by atomic mass is 9.93. The molecule has 2 aliphatic rings. The van der Waals surface area contributed by atoms with Crippen molar-refractivity contribution in [3.63, 3.8) is 0 Å². The molecule has 4 nitrogen and oxygen atoms in total. The number of hydrogen-bond donors (Lipinski definition) is 1. The van der Waals surface area contributed by atoms with Gasteiger partial charge in [0, 0.05) is 24.2 Å². The molecule has 1 aliphatic heterocycles. The summed E-state index contributed by atoms with van der Waals surface area (Å²) in [6, 6.07) is 0.914. The van der Waals surface area contributed by atoms with Crippen LogP contribution in [0.2, 0.25) is 0 Å². The molecular weight excluding hydrogens is 240 g/mol. The van der Waals surface area contributed by atoms with Gasteiger partial charge in [0.2, 0.25) is 0 Å². The molecule has 2 rings (SSSR count). The number of nitrogens with zero attached hydrogens (tertiary/aromatic N) is 1. The van der Waals surface area contributed by atoms with Crippen molar-refractivity contribution in [1.82, 2.24) is 10.2 Å². The number of carbonyl (C=O) groups excluding carboxylic acids is 1. The molecule has 1 atom stereocenters. The second kappa shape index (κ2) is 6.23. The van der Waals surface area contributed by atoms with Gasteiger partial charge in [-0.05, 0) is 39.7 Å². The van der Waals surface area contributed by atoms with Gasteiger partial charge < -0.3 is 10.1 Å². The Balaban J connectivity index is 2.17. The highest BCUT2D eigenvalue weighted by atomic mass is 16.5. The average Bonchev–Trinajstić information content (AvgIpc) is 2.82. The zero-order chi connectivity index (χ0) is 13.9. The van der Waals surface area contributed by atoms with Crippen LogP contribution in [0.5, 0.6) is 0 Å². The van der Waals surface area contributed by atoms with Gasteiger partial charge >= 0.3 is 5.97 Å². The topological polar surface area (TPSA) is 41.6 Å². The van der Waals surface area contributed by atoms with Crippen molar-refractivity contribution in [2.24, 2.45) is 0 Å². The van der Waals surface area contributed by atoms with Gasteiger partial charge in [-0.1, -0.05) is 12.8 Å². The second-order valence-electron chi connectivity index (χ2n) is 6.55. The zero-order valence-electron chi connectivity index (χ0n) is 12.6. The minimum atomic E-state index is -0.0903. The molecule has 0 aromatic heterocycles. The second-order valence-corrected chi connectivity index (χ2v) is 6.55.